The third-order valence-corrected chi connectivity index (χ3v) is 5.61. The van der Waals surface area contributed by atoms with Gasteiger partial charge in [-0.3, -0.25) is 4.79 Å². The Morgan fingerprint density at radius 1 is 1.47 bits per heavy atom. The number of likely N-dealkylation sites (N-methyl/N-ethyl adjacent to an activating group) is 1. The molecule has 108 valence electrons. The van der Waals surface area contributed by atoms with Crippen LogP contribution >= 0.6 is 11.3 Å². The van der Waals surface area contributed by atoms with Crippen LogP contribution < -0.4 is 0 Å². The highest BCUT2D eigenvalue weighted by molar-refractivity contribution is 7.89. The molecular formula is C12H19NO4S2. The molecule has 0 aliphatic heterocycles. The Morgan fingerprint density at radius 3 is 2.79 bits per heavy atom. The topological polar surface area (TPSA) is 63.7 Å². The molecule has 1 heterocycles. The SMILES string of the molecule is COC(=O)CCCS(=O)(=O)N(C)CCc1cccs1. The van der Waals surface area contributed by atoms with Crippen molar-refractivity contribution >= 4 is 27.3 Å². The lowest BCUT2D eigenvalue weighted by Gasteiger charge is -2.16. The molecule has 0 bridgehead atoms. The third kappa shape index (κ3) is 5.71. The second-order valence-corrected chi connectivity index (χ2v) is 7.37. The molecule has 5 nitrogen and oxygen atoms in total. The summed E-state index contributed by atoms with van der Waals surface area (Å²) in [6.07, 6.45) is 1.14. The van der Waals surface area contributed by atoms with E-state index in [9.17, 15) is 13.2 Å². The van der Waals surface area contributed by atoms with E-state index in [0.29, 0.717) is 19.4 Å². The van der Waals surface area contributed by atoms with Crippen LogP contribution in [0.2, 0.25) is 0 Å². The molecule has 19 heavy (non-hydrogen) atoms. The van der Waals surface area contributed by atoms with Gasteiger partial charge in [0, 0.05) is 24.9 Å². The Bertz CT molecular complexity index is 482. The predicted molar refractivity (Wildman–Crippen MR) is 75.7 cm³/mol. The minimum atomic E-state index is -3.29. The van der Waals surface area contributed by atoms with Crippen LogP contribution in [0.5, 0.6) is 0 Å². The van der Waals surface area contributed by atoms with Crippen LogP contribution in [-0.4, -0.2) is 45.1 Å². The minimum absolute atomic E-state index is 0.0248. The first-order valence-corrected chi connectivity index (χ1v) is 8.48. The molecule has 0 aliphatic rings. The van der Waals surface area contributed by atoms with Crippen molar-refractivity contribution in [3.63, 3.8) is 0 Å². The number of thiophene rings is 1. The highest BCUT2D eigenvalue weighted by Crippen LogP contribution is 2.11. The van der Waals surface area contributed by atoms with Crippen LogP contribution in [0.15, 0.2) is 17.5 Å². The average molecular weight is 305 g/mol. The van der Waals surface area contributed by atoms with E-state index in [2.05, 4.69) is 4.74 Å². The van der Waals surface area contributed by atoms with Crippen molar-refractivity contribution in [2.24, 2.45) is 0 Å². The molecule has 0 fully saturated rings. The molecule has 0 saturated carbocycles. The molecular weight excluding hydrogens is 286 g/mol. The Balaban J connectivity index is 2.36. The van der Waals surface area contributed by atoms with Crippen LogP contribution in [0.1, 0.15) is 17.7 Å². The second kappa shape index (κ2) is 7.62. The lowest BCUT2D eigenvalue weighted by atomic mass is 10.3. The van der Waals surface area contributed by atoms with Crippen molar-refractivity contribution in [1.82, 2.24) is 4.31 Å². The number of rotatable bonds is 8. The first kappa shape index (κ1) is 16.1. The number of hydrogen-bond acceptors (Lipinski definition) is 5. The summed E-state index contributed by atoms with van der Waals surface area (Å²) in [5.41, 5.74) is 0. The number of carbonyl (C=O) groups excluding carboxylic acids is 1. The van der Waals surface area contributed by atoms with Gasteiger partial charge >= 0.3 is 5.97 Å². The van der Waals surface area contributed by atoms with E-state index in [1.165, 1.54) is 11.4 Å². The zero-order valence-corrected chi connectivity index (χ0v) is 12.8. The maximum Gasteiger partial charge on any atom is 0.305 e. The van der Waals surface area contributed by atoms with Gasteiger partial charge in [0.05, 0.1) is 12.9 Å². The minimum Gasteiger partial charge on any atom is -0.469 e. The number of esters is 1. The molecule has 7 heteroatoms. The largest absolute Gasteiger partial charge is 0.469 e. The van der Waals surface area contributed by atoms with E-state index in [0.717, 1.165) is 4.88 Å². The fourth-order valence-corrected chi connectivity index (χ4v) is 3.41. The molecule has 0 N–H and O–H groups in total. The highest BCUT2D eigenvalue weighted by Gasteiger charge is 2.18. The van der Waals surface area contributed by atoms with Crippen molar-refractivity contribution in [2.45, 2.75) is 19.3 Å². The third-order valence-electron chi connectivity index (χ3n) is 2.74. The van der Waals surface area contributed by atoms with Gasteiger partial charge in [0.25, 0.3) is 0 Å². The zero-order valence-electron chi connectivity index (χ0n) is 11.2. The predicted octanol–water partition coefficient (Wildman–Crippen LogP) is 1.51. The van der Waals surface area contributed by atoms with Gasteiger partial charge in [-0.1, -0.05) is 6.07 Å². The highest BCUT2D eigenvalue weighted by atomic mass is 32.2. The number of carbonyl (C=O) groups is 1. The number of ether oxygens (including phenoxy) is 1. The van der Waals surface area contributed by atoms with Gasteiger partial charge in [0.2, 0.25) is 10.0 Å². The van der Waals surface area contributed by atoms with Crippen LogP contribution in [0.4, 0.5) is 0 Å². The second-order valence-electron chi connectivity index (χ2n) is 4.15. The van der Waals surface area contributed by atoms with Crippen LogP contribution in [0, 0.1) is 0 Å². The van der Waals surface area contributed by atoms with E-state index in [1.54, 1.807) is 18.4 Å². The van der Waals surface area contributed by atoms with Gasteiger partial charge < -0.3 is 4.74 Å². The summed E-state index contributed by atoms with van der Waals surface area (Å²) in [5.74, 6) is -0.403. The quantitative estimate of drug-likeness (QED) is 0.683. The first-order chi connectivity index (χ1) is 8.95. The van der Waals surface area contributed by atoms with E-state index >= 15 is 0 Å². The fraction of sp³-hybridized carbons (Fsp3) is 0.583. The van der Waals surface area contributed by atoms with Gasteiger partial charge in [-0.05, 0) is 24.3 Å². The van der Waals surface area contributed by atoms with E-state index < -0.39 is 10.0 Å². The number of nitrogens with zero attached hydrogens (tertiary/aromatic N) is 1. The molecule has 0 amide bonds. The number of methoxy groups -OCH3 is 1. The Hall–Kier alpha value is -0.920. The van der Waals surface area contributed by atoms with Gasteiger partial charge in [0.1, 0.15) is 0 Å². The van der Waals surface area contributed by atoms with Crippen LogP contribution in [-0.2, 0) is 26.0 Å². The zero-order chi connectivity index (χ0) is 14.3. The summed E-state index contributed by atoms with van der Waals surface area (Å²) in [5, 5.41) is 1.97. The number of hydrogen-bond donors (Lipinski definition) is 0. The summed E-state index contributed by atoms with van der Waals surface area (Å²) in [6, 6.07) is 3.94. The molecule has 0 unspecified atom stereocenters. The van der Waals surface area contributed by atoms with E-state index in [4.69, 9.17) is 0 Å². The molecule has 0 saturated heterocycles. The lowest BCUT2D eigenvalue weighted by Crippen LogP contribution is -2.31. The van der Waals surface area contributed by atoms with Crippen molar-refractivity contribution < 1.29 is 17.9 Å². The summed E-state index contributed by atoms with van der Waals surface area (Å²) in [7, 11) is -0.421. The molecule has 0 spiro atoms. The van der Waals surface area contributed by atoms with Crippen LogP contribution in [0.3, 0.4) is 0 Å². The Kier molecular flexibility index (Phi) is 6.47. The van der Waals surface area contributed by atoms with E-state index in [1.807, 2.05) is 17.5 Å². The summed E-state index contributed by atoms with van der Waals surface area (Å²) in [6.45, 7) is 0.459. The maximum absolute atomic E-state index is 11.9. The fourth-order valence-electron chi connectivity index (χ4n) is 1.52. The lowest BCUT2D eigenvalue weighted by molar-refractivity contribution is -0.140. The first-order valence-electron chi connectivity index (χ1n) is 5.99. The summed E-state index contributed by atoms with van der Waals surface area (Å²) in [4.78, 5) is 12.1. The monoisotopic (exact) mass is 305 g/mol. The summed E-state index contributed by atoms with van der Waals surface area (Å²) >= 11 is 1.62. The normalized spacial score (nSPS) is 11.7. The maximum atomic E-state index is 11.9. The van der Waals surface area contributed by atoms with Gasteiger partial charge in [-0.25, -0.2) is 12.7 Å². The molecule has 1 aromatic rings. The molecule has 1 rings (SSSR count). The van der Waals surface area contributed by atoms with E-state index in [-0.39, 0.29) is 18.1 Å². The van der Waals surface area contributed by atoms with Crippen molar-refractivity contribution in [3.8, 4) is 0 Å². The Labute approximate surface area is 118 Å². The molecule has 1 aromatic heterocycles. The standard InChI is InChI=1S/C12H19NO4S2/c1-13(8-7-11-5-3-9-18-11)19(15,16)10-4-6-12(14)17-2/h3,5,9H,4,6-8,10H2,1-2H3. The molecule has 0 atom stereocenters. The van der Waals surface area contributed by atoms with Crippen molar-refractivity contribution in [3.05, 3.63) is 22.4 Å². The molecule has 0 radical (unpaired) electrons. The van der Waals surface area contributed by atoms with Crippen LogP contribution in [0.25, 0.3) is 0 Å². The van der Waals surface area contributed by atoms with Crippen molar-refractivity contribution in [2.75, 3.05) is 26.5 Å². The summed E-state index contributed by atoms with van der Waals surface area (Å²) < 4.78 is 29.7. The Morgan fingerprint density at radius 2 is 2.21 bits per heavy atom. The average Bonchev–Trinajstić information content (AvgIpc) is 2.88. The van der Waals surface area contributed by atoms with Gasteiger partial charge in [0.15, 0.2) is 0 Å². The van der Waals surface area contributed by atoms with Gasteiger partial charge in [-0.2, -0.15) is 0 Å². The number of sulfonamides is 1. The molecule has 0 aliphatic carbocycles. The molecule has 0 aromatic carbocycles. The van der Waals surface area contributed by atoms with Crippen molar-refractivity contribution in [1.29, 1.82) is 0 Å². The van der Waals surface area contributed by atoms with Gasteiger partial charge in [-0.15, -0.1) is 11.3 Å². The smallest absolute Gasteiger partial charge is 0.305 e.